The number of nitrogens with zero attached hydrogens (tertiary/aromatic N) is 2. The zero-order chi connectivity index (χ0) is 13.0. The van der Waals surface area contributed by atoms with Crippen LogP contribution in [0, 0.1) is 6.92 Å². The highest BCUT2D eigenvalue weighted by atomic mass is 32.2. The van der Waals surface area contributed by atoms with Crippen LogP contribution in [0.2, 0.25) is 0 Å². The minimum atomic E-state index is -3.14. The fraction of sp³-hybridized carbons (Fsp3) is 0.462. The molecule has 0 aliphatic carbocycles. The third-order valence-electron chi connectivity index (χ3n) is 3.00. The first-order chi connectivity index (χ1) is 8.58. The van der Waals surface area contributed by atoms with Gasteiger partial charge >= 0.3 is 0 Å². The van der Waals surface area contributed by atoms with Gasteiger partial charge in [-0.2, -0.15) is 0 Å². The van der Waals surface area contributed by atoms with Gasteiger partial charge in [-0.05, 0) is 25.5 Å². The standard InChI is InChI=1S/C13H18N2O2S/c1-12-3-5-13(6-4-12)18(16,17)10-2-8-15-9-7-14-11-15/h3-6,11H,2,7-10H2,1H3. The van der Waals surface area contributed by atoms with Gasteiger partial charge in [-0.1, -0.05) is 17.7 Å². The number of sulfone groups is 1. The lowest BCUT2D eigenvalue weighted by Gasteiger charge is -2.13. The lowest BCUT2D eigenvalue weighted by atomic mass is 10.2. The van der Waals surface area contributed by atoms with E-state index in [0.717, 1.165) is 25.2 Å². The molecule has 0 amide bonds. The Balaban J connectivity index is 1.90. The smallest absolute Gasteiger partial charge is 0.178 e. The van der Waals surface area contributed by atoms with Crippen molar-refractivity contribution in [1.82, 2.24) is 4.90 Å². The number of hydrogen-bond donors (Lipinski definition) is 0. The van der Waals surface area contributed by atoms with Crippen LogP contribution in [-0.2, 0) is 9.84 Å². The second kappa shape index (κ2) is 5.52. The maximum atomic E-state index is 12.1. The van der Waals surface area contributed by atoms with Crippen LogP contribution in [0.25, 0.3) is 0 Å². The van der Waals surface area contributed by atoms with Crippen molar-refractivity contribution >= 4 is 16.2 Å². The van der Waals surface area contributed by atoms with Gasteiger partial charge in [-0.15, -0.1) is 0 Å². The second-order valence-corrected chi connectivity index (χ2v) is 6.65. The van der Waals surface area contributed by atoms with E-state index in [9.17, 15) is 8.42 Å². The van der Waals surface area contributed by atoms with E-state index < -0.39 is 9.84 Å². The molecule has 1 aliphatic rings. The van der Waals surface area contributed by atoms with Gasteiger partial charge in [0.15, 0.2) is 9.84 Å². The van der Waals surface area contributed by atoms with E-state index in [1.807, 2.05) is 19.1 Å². The molecule has 0 N–H and O–H groups in total. The topological polar surface area (TPSA) is 49.7 Å². The normalized spacial score (nSPS) is 15.3. The minimum absolute atomic E-state index is 0.195. The molecule has 4 nitrogen and oxygen atoms in total. The second-order valence-electron chi connectivity index (χ2n) is 4.54. The third-order valence-corrected chi connectivity index (χ3v) is 4.82. The van der Waals surface area contributed by atoms with Crippen LogP contribution >= 0.6 is 0 Å². The van der Waals surface area contributed by atoms with Crippen molar-refractivity contribution in [3.8, 4) is 0 Å². The maximum Gasteiger partial charge on any atom is 0.178 e. The Morgan fingerprint density at radius 3 is 2.61 bits per heavy atom. The summed E-state index contributed by atoms with van der Waals surface area (Å²) in [5, 5.41) is 0. The van der Waals surface area contributed by atoms with Gasteiger partial charge in [0.05, 0.1) is 23.5 Å². The summed E-state index contributed by atoms with van der Waals surface area (Å²) in [5.41, 5.74) is 1.07. The summed E-state index contributed by atoms with van der Waals surface area (Å²) in [5.74, 6) is 0.195. The molecule has 0 bridgehead atoms. The fourth-order valence-electron chi connectivity index (χ4n) is 1.91. The predicted molar refractivity (Wildman–Crippen MR) is 72.8 cm³/mol. The van der Waals surface area contributed by atoms with E-state index in [4.69, 9.17) is 0 Å². The molecule has 1 aromatic carbocycles. The van der Waals surface area contributed by atoms with Crippen molar-refractivity contribution in [2.75, 3.05) is 25.4 Å². The van der Waals surface area contributed by atoms with Crippen molar-refractivity contribution in [1.29, 1.82) is 0 Å². The molecule has 0 aromatic heterocycles. The quantitative estimate of drug-likeness (QED) is 0.811. The molecule has 18 heavy (non-hydrogen) atoms. The van der Waals surface area contributed by atoms with Crippen LogP contribution < -0.4 is 0 Å². The third kappa shape index (κ3) is 3.32. The molecule has 2 rings (SSSR count). The van der Waals surface area contributed by atoms with Crippen molar-refractivity contribution in [2.24, 2.45) is 4.99 Å². The SMILES string of the molecule is Cc1ccc(S(=O)(=O)CCCN2C=NCC2)cc1. The Bertz CT molecular complexity index is 520. The summed E-state index contributed by atoms with van der Waals surface area (Å²) in [4.78, 5) is 6.58. The summed E-state index contributed by atoms with van der Waals surface area (Å²) in [6, 6.07) is 7.03. The number of rotatable bonds is 5. The molecular formula is C13H18N2O2S. The molecule has 0 unspecified atom stereocenters. The zero-order valence-corrected chi connectivity index (χ0v) is 11.4. The van der Waals surface area contributed by atoms with Crippen LogP contribution in [0.1, 0.15) is 12.0 Å². The Labute approximate surface area is 108 Å². The van der Waals surface area contributed by atoms with Crippen LogP contribution in [0.3, 0.4) is 0 Å². The molecule has 5 heteroatoms. The summed E-state index contributed by atoms with van der Waals surface area (Å²) >= 11 is 0. The highest BCUT2D eigenvalue weighted by Gasteiger charge is 2.14. The van der Waals surface area contributed by atoms with Crippen molar-refractivity contribution in [3.63, 3.8) is 0 Å². The van der Waals surface area contributed by atoms with Gasteiger partial charge in [0, 0.05) is 13.1 Å². The predicted octanol–water partition coefficient (Wildman–Crippen LogP) is 1.50. The molecule has 0 spiro atoms. The molecule has 0 saturated heterocycles. The molecule has 0 saturated carbocycles. The summed E-state index contributed by atoms with van der Waals surface area (Å²) in [6.07, 6.45) is 2.45. The van der Waals surface area contributed by atoms with E-state index in [-0.39, 0.29) is 5.75 Å². The van der Waals surface area contributed by atoms with E-state index >= 15 is 0 Å². The summed E-state index contributed by atoms with van der Waals surface area (Å²) in [7, 11) is -3.14. The van der Waals surface area contributed by atoms with Gasteiger partial charge in [0.2, 0.25) is 0 Å². The van der Waals surface area contributed by atoms with Crippen LogP contribution in [-0.4, -0.2) is 45.0 Å². The van der Waals surface area contributed by atoms with Crippen molar-refractivity contribution in [2.45, 2.75) is 18.2 Å². The first-order valence-corrected chi connectivity index (χ1v) is 7.76. The first kappa shape index (κ1) is 13.1. The van der Waals surface area contributed by atoms with Crippen LogP contribution in [0.15, 0.2) is 34.2 Å². The molecule has 1 aromatic rings. The monoisotopic (exact) mass is 266 g/mol. The summed E-state index contributed by atoms with van der Waals surface area (Å²) in [6.45, 7) is 4.44. The molecule has 1 heterocycles. The lowest BCUT2D eigenvalue weighted by Crippen LogP contribution is -2.23. The van der Waals surface area contributed by atoms with E-state index in [1.54, 1.807) is 18.5 Å². The van der Waals surface area contributed by atoms with Gasteiger partial charge in [0.1, 0.15) is 0 Å². The molecule has 0 fully saturated rings. The van der Waals surface area contributed by atoms with E-state index in [0.29, 0.717) is 11.3 Å². The van der Waals surface area contributed by atoms with Crippen LogP contribution in [0.5, 0.6) is 0 Å². The highest BCUT2D eigenvalue weighted by Crippen LogP contribution is 2.13. The lowest BCUT2D eigenvalue weighted by molar-refractivity contribution is 0.464. The van der Waals surface area contributed by atoms with Gasteiger partial charge in [0.25, 0.3) is 0 Å². The molecule has 1 aliphatic heterocycles. The van der Waals surface area contributed by atoms with Crippen molar-refractivity contribution < 1.29 is 8.42 Å². The number of aliphatic imine (C=N–C) groups is 1. The number of hydrogen-bond acceptors (Lipinski definition) is 4. The summed E-state index contributed by atoms with van der Waals surface area (Å²) < 4.78 is 24.1. The van der Waals surface area contributed by atoms with Crippen molar-refractivity contribution in [3.05, 3.63) is 29.8 Å². The van der Waals surface area contributed by atoms with Gasteiger partial charge in [-0.3, -0.25) is 4.99 Å². The van der Waals surface area contributed by atoms with Gasteiger partial charge in [-0.25, -0.2) is 8.42 Å². The zero-order valence-electron chi connectivity index (χ0n) is 10.5. The maximum absolute atomic E-state index is 12.1. The molecular weight excluding hydrogens is 248 g/mol. The average molecular weight is 266 g/mol. The first-order valence-electron chi connectivity index (χ1n) is 6.11. The Morgan fingerprint density at radius 1 is 1.28 bits per heavy atom. The minimum Gasteiger partial charge on any atom is -0.361 e. The number of benzene rings is 1. The number of aryl methyl sites for hydroxylation is 1. The average Bonchev–Trinajstić information content (AvgIpc) is 2.82. The van der Waals surface area contributed by atoms with Crippen LogP contribution in [0.4, 0.5) is 0 Å². The Kier molecular flexibility index (Phi) is 4.01. The Morgan fingerprint density at radius 2 is 2.00 bits per heavy atom. The molecule has 0 radical (unpaired) electrons. The highest BCUT2D eigenvalue weighted by molar-refractivity contribution is 7.91. The molecule has 98 valence electrons. The van der Waals surface area contributed by atoms with Gasteiger partial charge < -0.3 is 4.90 Å². The largest absolute Gasteiger partial charge is 0.361 e. The fourth-order valence-corrected chi connectivity index (χ4v) is 3.20. The Hall–Kier alpha value is -1.36. The van der Waals surface area contributed by atoms with E-state index in [2.05, 4.69) is 9.89 Å². The van der Waals surface area contributed by atoms with E-state index in [1.165, 1.54) is 0 Å². The molecule has 0 atom stereocenters.